The number of aromatic amines is 1. The molecule has 12 nitrogen and oxygen atoms in total. The zero-order valence-electron chi connectivity index (χ0n) is 32.4. The number of halogens is 2. The van der Waals surface area contributed by atoms with Crippen molar-refractivity contribution in [2.75, 3.05) is 23.7 Å². The average molecular weight is 793 g/mol. The molecule has 2 aliphatic heterocycles. The molecule has 2 aromatic carbocycles. The van der Waals surface area contributed by atoms with E-state index >= 15 is 4.39 Å². The second-order valence-corrected chi connectivity index (χ2v) is 16.3. The highest BCUT2D eigenvalue weighted by atomic mass is 19.1. The van der Waals surface area contributed by atoms with Crippen molar-refractivity contribution < 1.29 is 23.2 Å². The Balaban J connectivity index is 0.760. The van der Waals surface area contributed by atoms with Crippen molar-refractivity contribution in [2.24, 2.45) is 5.92 Å². The lowest BCUT2D eigenvalue weighted by atomic mass is 9.83. The minimum Gasteiger partial charge on any atom is -0.374 e. The molecule has 4 aromatic rings. The van der Waals surface area contributed by atoms with E-state index in [4.69, 9.17) is 0 Å². The van der Waals surface area contributed by atoms with Crippen molar-refractivity contribution in [1.82, 2.24) is 30.5 Å². The Bertz CT molecular complexity index is 2190. The van der Waals surface area contributed by atoms with Crippen molar-refractivity contribution in [3.8, 4) is 22.4 Å². The van der Waals surface area contributed by atoms with Gasteiger partial charge in [0, 0.05) is 53.5 Å². The van der Waals surface area contributed by atoms with E-state index in [1.54, 1.807) is 42.6 Å². The van der Waals surface area contributed by atoms with Crippen LogP contribution in [-0.4, -0.2) is 74.8 Å². The number of pyridine rings is 1. The van der Waals surface area contributed by atoms with Gasteiger partial charge in [0.25, 0.3) is 5.56 Å². The summed E-state index contributed by atoms with van der Waals surface area (Å²) in [6, 6.07) is 15.8. The average Bonchev–Trinajstić information content (AvgIpc) is 3.23. The molecular formula is C44H50F2N8O4. The molecular weight excluding hydrogens is 743 g/mol. The molecule has 2 aromatic heterocycles. The number of anilines is 2. The van der Waals surface area contributed by atoms with Gasteiger partial charge >= 0.3 is 0 Å². The van der Waals surface area contributed by atoms with Crippen LogP contribution in [0, 0.1) is 17.6 Å². The Kier molecular flexibility index (Phi) is 11.9. The maximum atomic E-state index is 15.3. The van der Waals surface area contributed by atoms with Crippen LogP contribution in [0.3, 0.4) is 0 Å². The predicted molar refractivity (Wildman–Crippen MR) is 217 cm³/mol. The molecule has 0 bridgehead atoms. The molecule has 4 fully saturated rings. The summed E-state index contributed by atoms with van der Waals surface area (Å²) >= 11 is 0. The molecule has 5 N–H and O–H groups in total. The number of amides is 3. The number of nitrogens with one attached hydrogen (secondary N) is 5. The smallest absolute Gasteiger partial charge is 0.255 e. The summed E-state index contributed by atoms with van der Waals surface area (Å²) in [5, 5.41) is 12.1. The summed E-state index contributed by atoms with van der Waals surface area (Å²) in [7, 11) is 0. The Labute approximate surface area is 336 Å². The topological polar surface area (TPSA) is 161 Å². The fourth-order valence-corrected chi connectivity index (χ4v) is 9.26. The summed E-state index contributed by atoms with van der Waals surface area (Å²) in [5.41, 5.74) is 2.87. The highest BCUT2D eigenvalue weighted by Crippen LogP contribution is 2.35. The minimum atomic E-state index is -0.553. The van der Waals surface area contributed by atoms with E-state index in [2.05, 4.69) is 41.1 Å². The molecule has 4 heterocycles. The predicted octanol–water partition coefficient (Wildman–Crippen LogP) is 6.27. The van der Waals surface area contributed by atoms with Gasteiger partial charge in [-0.2, -0.15) is 0 Å². The molecule has 2 aliphatic carbocycles. The van der Waals surface area contributed by atoms with Gasteiger partial charge in [-0.05, 0) is 131 Å². The highest BCUT2D eigenvalue weighted by Gasteiger charge is 2.33. The van der Waals surface area contributed by atoms with Crippen LogP contribution in [0.25, 0.3) is 22.4 Å². The van der Waals surface area contributed by atoms with E-state index in [-0.39, 0.29) is 65.1 Å². The number of hydrogen-bond acceptors (Lipinski definition) is 9. The maximum Gasteiger partial charge on any atom is 0.255 e. The Morgan fingerprint density at radius 3 is 2.28 bits per heavy atom. The molecule has 3 amide bonds. The Morgan fingerprint density at radius 2 is 1.53 bits per heavy atom. The molecule has 0 radical (unpaired) electrons. The standard InChI is InChI=1S/C44H50F2N8O4/c45-36-24-32(49-38-16-17-39(55)52-43(38)58)12-15-34(36)26-18-21-54(22-19-26)33-13-10-30(11-14-33)50-41(56)27-6-8-31(9-7-27)51-44-48-25-37(46)40(53-44)29-4-1-3-28(23-29)35-5-2-20-47-42(35)57/h1-5,12,15,20,23-27,30-31,33,38,49H,6-11,13-14,16-19,21-22H2,(H,47,57)(H,50,56)(H,48,51,53)(H,52,55,58)/t27-,30?,31-,33?,38?. The molecule has 14 heteroatoms. The second-order valence-electron chi connectivity index (χ2n) is 16.3. The number of carbonyl (C=O) groups excluding carboxylic acids is 3. The van der Waals surface area contributed by atoms with Crippen LogP contribution in [0.1, 0.15) is 88.5 Å². The van der Waals surface area contributed by atoms with E-state index in [1.165, 1.54) is 6.07 Å². The molecule has 1 atom stereocenters. The van der Waals surface area contributed by atoms with Crippen molar-refractivity contribution in [3.63, 3.8) is 0 Å². The zero-order chi connectivity index (χ0) is 40.2. The first-order valence-corrected chi connectivity index (χ1v) is 20.7. The van der Waals surface area contributed by atoms with E-state index in [0.29, 0.717) is 46.4 Å². The third-order valence-electron chi connectivity index (χ3n) is 12.5. The number of imide groups is 1. The summed E-state index contributed by atoms with van der Waals surface area (Å²) in [4.78, 5) is 63.2. The number of H-pyrrole nitrogens is 1. The van der Waals surface area contributed by atoms with Crippen molar-refractivity contribution in [1.29, 1.82) is 0 Å². The zero-order valence-corrected chi connectivity index (χ0v) is 32.4. The van der Waals surface area contributed by atoms with Crippen LogP contribution >= 0.6 is 0 Å². The molecule has 58 heavy (non-hydrogen) atoms. The lowest BCUT2D eigenvalue weighted by Gasteiger charge is -2.41. The third-order valence-corrected chi connectivity index (χ3v) is 12.5. The minimum absolute atomic E-state index is 0.0500. The van der Waals surface area contributed by atoms with Gasteiger partial charge < -0.3 is 25.8 Å². The third kappa shape index (κ3) is 9.12. The summed E-state index contributed by atoms with van der Waals surface area (Å²) < 4.78 is 30.2. The molecule has 304 valence electrons. The van der Waals surface area contributed by atoms with Crippen molar-refractivity contribution in [3.05, 3.63) is 94.5 Å². The van der Waals surface area contributed by atoms with E-state index < -0.39 is 11.9 Å². The van der Waals surface area contributed by atoms with Crippen molar-refractivity contribution in [2.45, 2.75) is 107 Å². The molecule has 8 rings (SSSR count). The quantitative estimate of drug-likeness (QED) is 0.117. The first-order valence-electron chi connectivity index (χ1n) is 20.7. The van der Waals surface area contributed by atoms with Gasteiger partial charge in [-0.15, -0.1) is 0 Å². The Morgan fingerprint density at radius 1 is 0.776 bits per heavy atom. The molecule has 1 unspecified atom stereocenters. The van der Waals surface area contributed by atoms with Crippen molar-refractivity contribution >= 4 is 29.4 Å². The van der Waals surface area contributed by atoms with Gasteiger partial charge in [-0.1, -0.05) is 24.3 Å². The normalized spacial score (nSPS) is 24.5. The van der Waals surface area contributed by atoms with E-state index in [1.807, 2.05) is 12.1 Å². The van der Waals surface area contributed by atoms with E-state index in [0.717, 1.165) is 83.5 Å². The first kappa shape index (κ1) is 39.3. The van der Waals surface area contributed by atoms with Crippen LogP contribution in [0.15, 0.2) is 71.8 Å². The number of rotatable bonds is 10. The lowest BCUT2D eigenvalue weighted by molar-refractivity contribution is -0.133. The van der Waals surface area contributed by atoms with E-state index in [9.17, 15) is 23.6 Å². The van der Waals surface area contributed by atoms with Gasteiger partial charge in [0.05, 0.1) is 6.20 Å². The maximum absolute atomic E-state index is 15.3. The van der Waals surface area contributed by atoms with Gasteiger partial charge in [0.2, 0.25) is 23.7 Å². The second kappa shape index (κ2) is 17.6. The number of nitrogens with zero attached hydrogens (tertiary/aromatic N) is 3. The number of benzene rings is 2. The van der Waals surface area contributed by atoms with Crippen LogP contribution in [0.4, 0.5) is 20.4 Å². The largest absolute Gasteiger partial charge is 0.374 e. The number of likely N-dealkylation sites (tertiary alicyclic amines) is 1. The lowest BCUT2D eigenvalue weighted by Crippen LogP contribution is -2.47. The summed E-state index contributed by atoms with van der Waals surface area (Å²) in [6.45, 7) is 1.82. The number of hydrogen-bond donors (Lipinski definition) is 5. The molecule has 2 saturated carbocycles. The first-order chi connectivity index (χ1) is 28.2. The number of aromatic nitrogens is 3. The fraction of sp³-hybridized carbons (Fsp3) is 0.455. The molecule has 4 aliphatic rings. The van der Waals surface area contributed by atoms with Crippen LogP contribution < -0.4 is 26.8 Å². The molecule has 2 saturated heterocycles. The van der Waals surface area contributed by atoms with Gasteiger partial charge in [-0.25, -0.2) is 18.7 Å². The van der Waals surface area contributed by atoms with Crippen LogP contribution in [0.2, 0.25) is 0 Å². The van der Waals surface area contributed by atoms with Gasteiger partial charge in [0.1, 0.15) is 17.6 Å². The van der Waals surface area contributed by atoms with Gasteiger partial charge in [0.15, 0.2) is 5.82 Å². The number of piperidine rings is 2. The fourth-order valence-electron chi connectivity index (χ4n) is 9.26. The number of carbonyl (C=O) groups is 3. The summed E-state index contributed by atoms with van der Waals surface area (Å²) in [6.07, 6.45) is 12.1. The SMILES string of the molecule is O=C1CCC(Nc2ccc(C3CCN(C4CCC(NC(=O)[C@H]5CC[C@H](Nc6ncc(F)c(-c7cccc(-c8ccc[nH]c8=O)c7)n6)CC5)CC4)CC3)c(F)c2)C(=O)N1. The van der Waals surface area contributed by atoms with Crippen LogP contribution in [0.5, 0.6) is 0 Å². The monoisotopic (exact) mass is 792 g/mol. The highest BCUT2D eigenvalue weighted by molar-refractivity contribution is 6.01. The van der Waals surface area contributed by atoms with Crippen LogP contribution in [-0.2, 0) is 14.4 Å². The Hall–Kier alpha value is -5.50. The van der Waals surface area contributed by atoms with Gasteiger partial charge in [-0.3, -0.25) is 24.5 Å². The summed E-state index contributed by atoms with van der Waals surface area (Å²) in [5.74, 6) is -0.935. The molecule has 0 spiro atoms.